The number of fused-ring (bicyclic) bond motifs is 1. The molecule has 0 saturated carbocycles. The molecule has 1 aliphatic rings. The van der Waals surface area contributed by atoms with Gasteiger partial charge in [-0.3, -0.25) is 0 Å². The number of aliphatic carboxylic acids is 1. The van der Waals surface area contributed by atoms with Crippen molar-refractivity contribution in [1.29, 1.82) is 0 Å². The Morgan fingerprint density at radius 2 is 2.48 bits per heavy atom. The molecule has 2 unspecified atom stereocenters. The van der Waals surface area contributed by atoms with Crippen LogP contribution < -0.4 is 5.32 Å². The van der Waals surface area contributed by atoms with Crippen LogP contribution in [0.1, 0.15) is 31.2 Å². The highest BCUT2D eigenvalue weighted by Crippen LogP contribution is 2.21. The van der Waals surface area contributed by atoms with Crippen molar-refractivity contribution in [2.75, 3.05) is 0 Å². The molecule has 1 aromatic rings. The second-order valence-electron chi connectivity index (χ2n) is 4.98. The Morgan fingerprint density at radius 1 is 1.71 bits per heavy atom. The largest absolute Gasteiger partial charge is 0.480 e. The molecule has 0 aliphatic carbocycles. The third-order valence-electron chi connectivity index (χ3n) is 3.63. The number of aromatic amines is 1. The molecule has 2 amide bonds. The minimum atomic E-state index is -1.04. The molecule has 0 fully saturated rings. The van der Waals surface area contributed by atoms with Crippen molar-refractivity contribution in [3.05, 3.63) is 17.7 Å². The maximum Gasteiger partial charge on any atom is 0.326 e. The number of carboxylic acids is 1. The highest BCUT2D eigenvalue weighted by molar-refractivity contribution is 5.83. The number of carboxylic acid groups (broad SMARTS) is 1. The monoisotopic (exact) mass is 290 g/mol. The van der Waals surface area contributed by atoms with Crippen LogP contribution in [0.25, 0.3) is 0 Å². The summed E-state index contributed by atoms with van der Waals surface area (Å²) in [5, 5.41) is 12.1. The van der Waals surface area contributed by atoms with E-state index in [2.05, 4.69) is 21.2 Å². The van der Waals surface area contributed by atoms with Crippen molar-refractivity contribution in [3.8, 4) is 12.3 Å². The van der Waals surface area contributed by atoms with Crippen molar-refractivity contribution < 1.29 is 14.7 Å². The van der Waals surface area contributed by atoms with Gasteiger partial charge in [0.05, 0.1) is 24.3 Å². The third kappa shape index (κ3) is 3.16. The number of nitrogens with zero attached hydrogens (tertiary/aromatic N) is 2. The van der Waals surface area contributed by atoms with Crippen LogP contribution in [-0.2, 0) is 17.8 Å². The molecule has 21 heavy (non-hydrogen) atoms. The lowest BCUT2D eigenvalue weighted by atomic mass is 10.0. The van der Waals surface area contributed by atoms with Gasteiger partial charge in [-0.05, 0) is 6.42 Å². The van der Waals surface area contributed by atoms with Crippen LogP contribution in [-0.4, -0.2) is 44.1 Å². The number of hydrogen-bond donors (Lipinski definition) is 3. The first-order valence-corrected chi connectivity index (χ1v) is 6.81. The van der Waals surface area contributed by atoms with E-state index in [9.17, 15) is 14.7 Å². The highest BCUT2D eigenvalue weighted by atomic mass is 16.4. The van der Waals surface area contributed by atoms with E-state index < -0.39 is 18.0 Å². The normalized spacial score (nSPS) is 18.5. The number of rotatable bonds is 4. The summed E-state index contributed by atoms with van der Waals surface area (Å²) in [5.74, 6) is 1.47. The van der Waals surface area contributed by atoms with Crippen LogP contribution in [0.4, 0.5) is 4.79 Å². The van der Waals surface area contributed by atoms with E-state index in [4.69, 9.17) is 6.42 Å². The minimum Gasteiger partial charge on any atom is -0.480 e. The smallest absolute Gasteiger partial charge is 0.326 e. The Balaban J connectivity index is 2.14. The third-order valence-corrected chi connectivity index (χ3v) is 3.63. The molecule has 1 aromatic heterocycles. The van der Waals surface area contributed by atoms with Gasteiger partial charge in [0.15, 0.2) is 0 Å². The molecule has 2 atom stereocenters. The number of imidazole rings is 1. The molecule has 7 heteroatoms. The summed E-state index contributed by atoms with van der Waals surface area (Å²) >= 11 is 0. The topological polar surface area (TPSA) is 98.3 Å². The Hall–Kier alpha value is -2.49. The molecule has 112 valence electrons. The lowest BCUT2D eigenvalue weighted by molar-refractivity contribution is -0.142. The average molecular weight is 290 g/mol. The van der Waals surface area contributed by atoms with Gasteiger partial charge < -0.3 is 20.3 Å². The van der Waals surface area contributed by atoms with Crippen LogP contribution in [0, 0.1) is 12.3 Å². The van der Waals surface area contributed by atoms with Crippen LogP contribution in [0.2, 0.25) is 0 Å². The quantitative estimate of drug-likeness (QED) is 0.712. The van der Waals surface area contributed by atoms with E-state index in [1.807, 2.05) is 6.92 Å². The molecule has 2 rings (SSSR count). The molecule has 0 saturated heterocycles. The molecular formula is C14H18N4O3. The van der Waals surface area contributed by atoms with Gasteiger partial charge in [-0.15, -0.1) is 12.3 Å². The van der Waals surface area contributed by atoms with E-state index in [1.165, 1.54) is 11.2 Å². The number of aromatic nitrogens is 2. The van der Waals surface area contributed by atoms with Gasteiger partial charge in [0, 0.05) is 18.9 Å². The van der Waals surface area contributed by atoms with Crippen molar-refractivity contribution in [2.24, 2.45) is 0 Å². The molecular weight excluding hydrogens is 272 g/mol. The number of urea groups is 1. The van der Waals surface area contributed by atoms with Crippen molar-refractivity contribution >= 4 is 12.0 Å². The van der Waals surface area contributed by atoms with Gasteiger partial charge in [-0.2, -0.15) is 0 Å². The Kier molecular flexibility index (Phi) is 4.48. The zero-order valence-electron chi connectivity index (χ0n) is 11.8. The van der Waals surface area contributed by atoms with E-state index in [0.29, 0.717) is 18.5 Å². The lowest BCUT2D eigenvalue weighted by Gasteiger charge is -2.33. The molecule has 0 aromatic carbocycles. The highest BCUT2D eigenvalue weighted by Gasteiger charge is 2.36. The fraction of sp³-hybridized carbons (Fsp3) is 0.500. The van der Waals surface area contributed by atoms with Crippen LogP contribution in [0.3, 0.4) is 0 Å². The predicted octanol–water partition coefficient (Wildman–Crippen LogP) is 0.732. The maximum absolute atomic E-state index is 12.3. The number of H-pyrrole nitrogens is 1. The van der Waals surface area contributed by atoms with Gasteiger partial charge in [0.2, 0.25) is 0 Å². The van der Waals surface area contributed by atoms with Crippen molar-refractivity contribution in [2.45, 2.75) is 44.8 Å². The molecule has 0 radical (unpaired) electrons. The summed E-state index contributed by atoms with van der Waals surface area (Å²) in [6, 6.07) is -1.48. The van der Waals surface area contributed by atoms with Gasteiger partial charge in [-0.25, -0.2) is 14.6 Å². The van der Waals surface area contributed by atoms with E-state index in [-0.39, 0.29) is 19.0 Å². The molecule has 2 heterocycles. The Bertz CT molecular complexity index is 575. The second kappa shape index (κ2) is 6.31. The molecule has 0 bridgehead atoms. The SMILES string of the molecule is C#CCC(CC)NC(=O)N1Cc2[nH]cnc2CC1C(=O)O. The number of carbonyl (C=O) groups is 2. The predicted molar refractivity (Wildman–Crippen MR) is 75.3 cm³/mol. The van der Waals surface area contributed by atoms with Crippen molar-refractivity contribution in [1.82, 2.24) is 20.2 Å². The van der Waals surface area contributed by atoms with Gasteiger partial charge in [0.25, 0.3) is 0 Å². The second-order valence-corrected chi connectivity index (χ2v) is 4.98. The summed E-state index contributed by atoms with van der Waals surface area (Å²) < 4.78 is 0. The maximum atomic E-state index is 12.3. The molecule has 3 N–H and O–H groups in total. The van der Waals surface area contributed by atoms with E-state index in [1.54, 1.807) is 0 Å². The van der Waals surface area contributed by atoms with Crippen LogP contribution in [0.5, 0.6) is 0 Å². The van der Waals surface area contributed by atoms with Gasteiger partial charge >= 0.3 is 12.0 Å². The van der Waals surface area contributed by atoms with Crippen molar-refractivity contribution in [3.63, 3.8) is 0 Å². The number of nitrogens with one attached hydrogen (secondary N) is 2. The molecule has 0 spiro atoms. The lowest BCUT2D eigenvalue weighted by Crippen LogP contribution is -2.54. The molecule has 7 nitrogen and oxygen atoms in total. The fourth-order valence-corrected chi connectivity index (χ4v) is 2.37. The minimum absolute atomic E-state index is 0.153. The summed E-state index contributed by atoms with van der Waals surface area (Å²) in [7, 11) is 0. The number of hydrogen-bond acceptors (Lipinski definition) is 3. The summed E-state index contributed by atoms with van der Waals surface area (Å²) in [4.78, 5) is 32.1. The zero-order chi connectivity index (χ0) is 15.4. The fourth-order valence-electron chi connectivity index (χ4n) is 2.37. The first kappa shape index (κ1) is 14.9. The van der Waals surface area contributed by atoms with Gasteiger partial charge in [-0.1, -0.05) is 6.92 Å². The van der Waals surface area contributed by atoms with Crippen LogP contribution >= 0.6 is 0 Å². The average Bonchev–Trinajstić information content (AvgIpc) is 2.92. The van der Waals surface area contributed by atoms with E-state index in [0.717, 1.165) is 5.69 Å². The standard InChI is InChI=1S/C14H18N4O3/c1-3-5-9(4-2)17-14(21)18-7-11-10(15-8-16-11)6-12(18)13(19)20/h1,8-9,12H,4-7H2,2H3,(H,15,16)(H,17,21)(H,19,20). The summed E-state index contributed by atoms with van der Waals surface area (Å²) in [5.41, 5.74) is 1.47. The number of terminal acetylenes is 1. The number of amides is 2. The first-order chi connectivity index (χ1) is 10.1. The summed E-state index contributed by atoms with van der Waals surface area (Å²) in [6.45, 7) is 2.12. The molecule has 1 aliphatic heterocycles. The Morgan fingerprint density at radius 3 is 3.10 bits per heavy atom. The number of carbonyl (C=O) groups excluding carboxylic acids is 1. The summed E-state index contributed by atoms with van der Waals surface area (Å²) in [6.07, 6.45) is 8.09. The zero-order valence-corrected chi connectivity index (χ0v) is 11.8. The van der Waals surface area contributed by atoms with E-state index >= 15 is 0 Å². The van der Waals surface area contributed by atoms with Gasteiger partial charge in [0.1, 0.15) is 6.04 Å². The van der Waals surface area contributed by atoms with Crippen LogP contribution in [0.15, 0.2) is 6.33 Å². The Labute approximate surface area is 122 Å². The first-order valence-electron chi connectivity index (χ1n) is 6.81.